The summed E-state index contributed by atoms with van der Waals surface area (Å²) >= 11 is 1.78. The molecule has 0 aromatic carbocycles. The Hall–Kier alpha value is -2.38. The minimum atomic E-state index is 0.726. The minimum Gasteiger partial charge on any atom is -0.369 e. The summed E-state index contributed by atoms with van der Waals surface area (Å²) in [6.07, 6.45) is 5.42. The van der Waals surface area contributed by atoms with Crippen molar-refractivity contribution in [2.75, 3.05) is 18.4 Å². The van der Waals surface area contributed by atoms with E-state index in [4.69, 9.17) is 9.97 Å². The lowest BCUT2D eigenvalue weighted by Gasteiger charge is -2.20. The summed E-state index contributed by atoms with van der Waals surface area (Å²) in [7, 11) is 0. The van der Waals surface area contributed by atoms with Crippen LogP contribution in [0.15, 0.2) is 24.5 Å². The third-order valence-electron chi connectivity index (χ3n) is 4.56. The van der Waals surface area contributed by atoms with Crippen LogP contribution in [0.1, 0.15) is 26.8 Å². The third kappa shape index (κ3) is 3.59. The molecule has 0 spiro atoms. The highest BCUT2D eigenvalue weighted by molar-refractivity contribution is 7.11. The summed E-state index contributed by atoms with van der Waals surface area (Å²) in [6, 6.07) is 3.91. The van der Waals surface area contributed by atoms with Crippen molar-refractivity contribution in [2.45, 2.75) is 33.2 Å². The van der Waals surface area contributed by atoms with Crippen molar-refractivity contribution in [3.05, 3.63) is 51.4 Å². The molecule has 1 aliphatic rings. The maximum absolute atomic E-state index is 4.80. The highest BCUT2D eigenvalue weighted by atomic mass is 32.1. The van der Waals surface area contributed by atoms with E-state index in [0.29, 0.717) is 0 Å². The molecule has 3 aromatic rings. The van der Waals surface area contributed by atoms with Gasteiger partial charge in [-0.15, -0.1) is 11.3 Å². The average Bonchev–Trinajstić information content (AvgIpc) is 3.00. The second-order valence-electron chi connectivity index (χ2n) is 6.42. The van der Waals surface area contributed by atoms with Gasteiger partial charge in [-0.2, -0.15) is 0 Å². The van der Waals surface area contributed by atoms with Crippen molar-refractivity contribution in [1.29, 1.82) is 0 Å². The summed E-state index contributed by atoms with van der Waals surface area (Å²) in [4.78, 5) is 19.7. The van der Waals surface area contributed by atoms with Gasteiger partial charge in [-0.3, -0.25) is 4.98 Å². The highest BCUT2D eigenvalue weighted by Crippen LogP contribution is 2.25. The van der Waals surface area contributed by atoms with Gasteiger partial charge in [-0.05, 0) is 38.9 Å². The second-order valence-corrected chi connectivity index (χ2v) is 7.70. The van der Waals surface area contributed by atoms with E-state index in [-0.39, 0.29) is 0 Å². The highest BCUT2D eigenvalue weighted by Gasteiger charge is 2.18. The van der Waals surface area contributed by atoms with Gasteiger partial charge in [0.1, 0.15) is 5.82 Å². The summed E-state index contributed by atoms with van der Waals surface area (Å²) in [5.74, 6) is 1.67. The zero-order chi connectivity index (χ0) is 17.9. The Bertz CT molecular complexity index is 886. The van der Waals surface area contributed by atoms with Gasteiger partial charge in [0, 0.05) is 47.9 Å². The minimum absolute atomic E-state index is 0.726. The molecule has 134 valence electrons. The Labute approximate surface area is 157 Å². The molecule has 3 aromatic heterocycles. The van der Waals surface area contributed by atoms with E-state index < -0.39 is 0 Å². The molecule has 2 N–H and O–H groups in total. The van der Waals surface area contributed by atoms with Gasteiger partial charge in [0.15, 0.2) is 5.82 Å². The summed E-state index contributed by atoms with van der Waals surface area (Å²) < 4.78 is 0. The van der Waals surface area contributed by atoms with Crippen LogP contribution in [0.25, 0.3) is 11.4 Å². The molecule has 0 amide bonds. The Morgan fingerprint density at radius 2 is 2.15 bits per heavy atom. The fraction of sp³-hybridized carbons (Fsp3) is 0.368. The zero-order valence-corrected chi connectivity index (χ0v) is 15.9. The maximum atomic E-state index is 4.80. The first kappa shape index (κ1) is 17.1. The predicted molar refractivity (Wildman–Crippen MR) is 104 cm³/mol. The molecule has 0 bridgehead atoms. The first-order chi connectivity index (χ1) is 12.7. The van der Waals surface area contributed by atoms with E-state index >= 15 is 0 Å². The number of pyridine rings is 1. The number of anilines is 1. The van der Waals surface area contributed by atoms with Crippen LogP contribution >= 0.6 is 11.3 Å². The number of thiazole rings is 1. The van der Waals surface area contributed by atoms with Crippen LogP contribution in [0, 0.1) is 13.8 Å². The van der Waals surface area contributed by atoms with E-state index in [1.165, 1.54) is 15.4 Å². The Kier molecular flexibility index (Phi) is 4.90. The molecular formula is C19H22N6S. The van der Waals surface area contributed by atoms with Crippen molar-refractivity contribution in [1.82, 2.24) is 25.3 Å². The number of fused-ring (bicyclic) bond motifs is 1. The normalized spacial score (nSPS) is 13.5. The van der Waals surface area contributed by atoms with Crippen LogP contribution in [-0.4, -0.2) is 33.0 Å². The molecule has 0 unspecified atom stereocenters. The lowest BCUT2D eigenvalue weighted by Crippen LogP contribution is -2.27. The van der Waals surface area contributed by atoms with Crippen molar-refractivity contribution in [3.63, 3.8) is 0 Å². The summed E-state index contributed by atoms with van der Waals surface area (Å²) in [6.45, 7) is 6.75. The molecule has 7 heteroatoms. The number of nitrogens with one attached hydrogen (secondary N) is 2. The Morgan fingerprint density at radius 3 is 2.92 bits per heavy atom. The van der Waals surface area contributed by atoms with E-state index in [9.17, 15) is 0 Å². The maximum Gasteiger partial charge on any atom is 0.163 e. The van der Waals surface area contributed by atoms with Gasteiger partial charge < -0.3 is 10.6 Å². The molecule has 26 heavy (non-hydrogen) atoms. The van der Waals surface area contributed by atoms with Crippen LogP contribution in [0.2, 0.25) is 0 Å². The first-order valence-corrected chi connectivity index (χ1v) is 9.70. The molecule has 4 heterocycles. The lowest BCUT2D eigenvalue weighted by atomic mass is 10.1. The van der Waals surface area contributed by atoms with Crippen LogP contribution in [0.4, 0.5) is 5.82 Å². The van der Waals surface area contributed by atoms with Crippen molar-refractivity contribution >= 4 is 17.2 Å². The van der Waals surface area contributed by atoms with E-state index in [2.05, 4.69) is 34.4 Å². The van der Waals surface area contributed by atoms with Crippen LogP contribution in [0.5, 0.6) is 0 Å². The topological polar surface area (TPSA) is 75.6 Å². The standard InChI is InChI=1S/C19H22N6S/c1-12-13(2)26-17(23-12)6-9-22-19-15-5-8-21-11-16(15)24-18(25-19)14-4-3-7-20-10-14/h3-4,7,10,21H,5-6,8-9,11H2,1-2H3,(H,22,24,25). The molecular weight excluding hydrogens is 344 g/mol. The number of nitrogens with zero attached hydrogens (tertiary/aromatic N) is 4. The lowest BCUT2D eigenvalue weighted by molar-refractivity contribution is 0.625. The summed E-state index contributed by atoms with van der Waals surface area (Å²) in [5, 5.41) is 8.09. The fourth-order valence-electron chi connectivity index (χ4n) is 3.06. The zero-order valence-electron chi connectivity index (χ0n) is 15.0. The van der Waals surface area contributed by atoms with Crippen molar-refractivity contribution in [3.8, 4) is 11.4 Å². The van der Waals surface area contributed by atoms with Crippen molar-refractivity contribution in [2.24, 2.45) is 0 Å². The number of rotatable bonds is 5. The number of aryl methyl sites for hydroxylation is 2. The van der Waals surface area contributed by atoms with Gasteiger partial charge in [-0.25, -0.2) is 15.0 Å². The Balaban J connectivity index is 1.57. The van der Waals surface area contributed by atoms with Gasteiger partial charge in [0.25, 0.3) is 0 Å². The van der Waals surface area contributed by atoms with E-state index in [1.54, 1.807) is 17.5 Å². The quantitative estimate of drug-likeness (QED) is 0.723. The number of hydrogen-bond acceptors (Lipinski definition) is 7. The van der Waals surface area contributed by atoms with Crippen LogP contribution < -0.4 is 10.6 Å². The molecule has 0 aliphatic carbocycles. The van der Waals surface area contributed by atoms with E-state index in [0.717, 1.165) is 61.1 Å². The Morgan fingerprint density at radius 1 is 1.23 bits per heavy atom. The third-order valence-corrected chi connectivity index (χ3v) is 5.69. The van der Waals surface area contributed by atoms with Crippen LogP contribution in [0.3, 0.4) is 0 Å². The van der Waals surface area contributed by atoms with Gasteiger partial charge in [-0.1, -0.05) is 0 Å². The molecule has 1 aliphatic heterocycles. The SMILES string of the molecule is Cc1nc(CCNc2nc(-c3cccnc3)nc3c2CCNC3)sc1C. The van der Waals surface area contributed by atoms with Crippen LogP contribution in [-0.2, 0) is 19.4 Å². The molecule has 6 nitrogen and oxygen atoms in total. The van der Waals surface area contributed by atoms with Gasteiger partial charge in [0.05, 0.1) is 16.4 Å². The number of hydrogen-bond donors (Lipinski definition) is 2. The molecule has 4 rings (SSSR count). The summed E-state index contributed by atoms with van der Waals surface area (Å²) in [5.41, 5.74) is 4.38. The molecule has 0 saturated heterocycles. The number of aromatic nitrogens is 4. The molecule has 0 radical (unpaired) electrons. The largest absolute Gasteiger partial charge is 0.369 e. The fourth-order valence-corrected chi connectivity index (χ4v) is 4.00. The predicted octanol–water partition coefficient (Wildman–Crippen LogP) is 2.91. The smallest absolute Gasteiger partial charge is 0.163 e. The van der Waals surface area contributed by atoms with E-state index in [1.807, 2.05) is 18.3 Å². The molecule has 0 atom stereocenters. The van der Waals surface area contributed by atoms with Crippen molar-refractivity contribution < 1.29 is 0 Å². The van der Waals surface area contributed by atoms with Gasteiger partial charge >= 0.3 is 0 Å². The molecule has 0 saturated carbocycles. The van der Waals surface area contributed by atoms with Gasteiger partial charge in [0.2, 0.25) is 0 Å². The second kappa shape index (κ2) is 7.47. The monoisotopic (exact) mass is 366 g/mol. The first-order valence-electron chi connectivity index (χ1n) is 8.88. The average molecular weight is 366 g/mol. The molecule has 0 fully saturated rings.